The molecular formula is C14H16O3S. The van der Waals surface area contributed by atoms with Gasteiger partial charge in [0.2, 0.25) is 0 Å². The van der Waals surface area contributed by atoms with E-state index in [0.29, 0.717) is 12.2 Å². The monoisotopic (exact) mass is 264 g/mol. The Bertz CT molecular complexity index is 482. The van der Waals surface area contributed by atoms with Crippen LogP contribution in [0.3, 0.4) is 0 Å². The lowest BCUT2D eigenvalue weighted by atomic mass is 9.91. The molecule has 0 bridgehead atoms. The maximum absolute atomic E-state index is 11.4. The molecule has 0 spiro atoms. The van der Waals surface area contributed by atoms with Gasteiger partial charge in [-0.25, -0.2) is 0 Å². The van der Waals surface area contributed by atoms with Crippen LogP contribution in [-0.2, 0) is 16.0 Å². The average Bonchev–Trinajstić information content (AvgIpc) is 2.34. The molecule has 1 aromatic carbocycles. The summed E-state index contributed by atoms with van der Waals surface area (Å²) in [5.74, 6) is 0.0642. The Morgan fingerprint density at radius 3 is 2.94 bits per heavy atom. The molecule has 18 heavy (non-hydrogen) atoms. The van der Waals surface area contributed by atoms with E-state index < -0.39 is 5.97 Å². The quantitative estimate of drug-likeness (QED) is 0.908. The third-order valence-electron chi connectivity index (χ3n) is 3.25. The summed E-state index contributed by atoms with van der Waals surface area (Å²) >= 11 is 1.57. The van der Waals surface area contributed by atoms with Crippen LogP contribution in [0.15, 0.2) is 23.1 Å². The molecule has 0 aliphatic carbocycles. The minimum Gasteiger partial charge on any atom is -0.481 e. The summed E-state index contributed by atoms with van der Waals surface area (Å²) in [5, 5.41) is 8.90. The Labute approximate surface area is 111 Å². The van der Waals surface area contributed by atoms with Crippen molar-refractivity contribution in [3.8, 4) is 0 Å². The summed E-state index contributed by atoms with van der Waals surface area (Å²) in [6, 6.07) is 6.03. The van der Waals surface area contributed by atoms with Crippen LogP contribution in [-0.4, -0.2) is 22.6 Å². The van der Waals surface area contributed by atoms with Crippen LogP contribution in [0.4, 0.5) is 0 Å². The van der Waals surface area contributed by atoms with E-state index in [1.807, 2.05) is 25.1 Å². The molecule has 1 N–H and O–H groups in total. The minimum atomic E-state index is -0.773. The molecule has 1 aromatic rings. The van der Waals surface area contributed by atoms with Crippen LogP contribution in [0.2, 0.25) is 0 Å². The molecule has 0 saturated carbocycles. The van der Waals surface area contributed by atoms with E-state index in [9.17, 15) is 9.59 Å². The first-order valence-corrected chi connectivity index (χ1v) is 7.07. The van der Waals surface area contributed by atoms with Gasteiger partial charge in [0.25, 0.3) is 0 Å². The molecule has 1 aliphatic heterocycles. The molecular weight excluding hydrogens is 248 g/mol. The Kier molecular flexibility index (Phi) is 4.07. The summed E-state index contributed by atoms with van der Waals surface area (Å²) in [7, 11) is 0. The first-order valence-electron chi connectivity index (χ1n) is 6.09. The number of hydrogen-bond donors (Lipinski definition) is 1. The van der Waals surface area contributed by atoms with Crippen molar-refractivity contribution in [2.75, 3.05) is 5.75 Å². The minimum absolute atomic E-state index is 0.0369. The lowest BCUT2D eigenvalue weighted by molar-refractivity contribution is -0.137. The highest BCUT2D eigenvalue weighted by Crippen LogP contribution is 2.32. The lowest BCUT2D eigenvalue weighted by Crippen LogP contribution is -2.13. The number of ketones is 1. The molecule has 2 rings (SSSR count). The number of fused-ring (bicyclic) bond motifs is 1. The summed E-state index contributed by atoms with van der Waals surface area (Å²) < 4.78 is 0. The Morgan fingerprint density at radius 1 is 1.50 bits per heavy atom. The van der Waals surface area contributed by atoms with Gasteiger partial charge >= 0.3 is 5.97 Å². The van der Waals surface area contributed by atoms with Crippen LogP contribution in [0.1, 0.15) is 36.8 Å². The van der Waals surface area contributed by atoms with Crippen molar-refractivity contribution in [1.82, 2.24) is 0 Å². The third-order valence-corrected chi connectivity index (χ3v) is 4.42. The number of carbonyl (C=O) groups excluding carboxylic acids is 1. The molecule has 0 fully saturated rings. The van der Waals surface area contributed by atoms with Gasteiger partial charge in [-0.2, -0.15) is 0 Å². The van der Waals surface area contributed by atoms with Crippen LogP contribution < -0.4 is 0 Å². The Hall–Kier alpha value is -1.29. The normalized spacial score (nSPS) is 16.2. The van der Waals surface area contributed by atoms with Crippen LogP contribution in [0.5, 0.6) is 0 Å². The van der Waals surface area contributed by atoms with Crippen LogP contribution in [0.25, 0.3) is 0 Å². The van der Waals surface area contributed by atoms with Gasteiger partial charge in [-0.15, -0.1) is 11.8 Å². The number of hydrogen-bond acceptors (Lipinski definition) is 3. The number of Topliss-reactive ketones (excluding diaryl/α,β-unsaturated/α-hetero) is 1. The topological polar surface area (TPSA) is 54.4 Å². The average molecular weight is 264 g/mol. The number of thioether (sulfide) groups is 1. The van der Waals surface area contributed by atoms with E-state index in [4.69, 9.17) is 5.11 Å². The van der Waals surface area contributed by atoms with Crippen molar-refractivity contribution < 1.29 is 14.7 Å². The summed E-state index contributed by atoms with van der Waals surface area (Å²) in [6.07, 6.45) is 1.43. The van der Waals surface area contributed by atoms with Crippen molar-refractivity contribution in [2.45, 2.75) is 37.0 Å². The maximum atomic E-state index is 11.4. The highest BCUT2D eigenvalue weighted by atomic mass is 32.2. The van der Waals surface area contributed by atoms with Crippen molar-refractivity contribution in [3.63, 3.8) is 0 Å². The Balaban J connectivity index is 2.26. The lowest BCUT2D eigenvalue weighted by Gasteiger charge is -2.19. The van der Waals surface area contributed by atoms with Gasteiger partial charge in [0.05, 0.1) is 12.2 Å². The Morgan fingerprint density at radius 2 is 2.28 bits per heavy atom. The number of aliphatic carboxylic acids is 1. The number of benzene rings is 1. The molecule has 4 heteroatoms. The molecule has 0 aromatic heterocycles. The number of carboxylic acids is 1. The first-order chi connectivity index (χ1) is 8.60. The van der Waals surface area contributed by atoms with Gasteiger partial charge in [-0.3, -0.25) is 9.59 Å². The van der Waals surface area contributed by atoms with E-state index in [-0.39, 0.29) is 18.1 Å². The van der Waals surface area contributed by atoms with Crippen LogP contribution in [0, 0.1) is 0 Å². The summed E-state index contributed by atoms with van der Waals surface area (Å²) in [4.78, 5) is 23.4. The van der Waals surface area contributed by atoms with Gasteiger partial charge in [-0.1, -0.05) is 19.1 Å². The zero-order valence-electron chi connectivity index (χ0n) is 10.3. The molecule has 0 amide bonds. The van der Waals surface area contributed by atoms with Crippen molar-refractivity contribution >= 4 is 23.5 Å². The second kappa shape index (κ2) is 5.57. The smallest absolute Gasteiger partial charge is 0.303 e. The predicted octanol–water partition coefficient (Wildman–Crippen LogP) is 2.87. The predicted molar refractivity (Wildman–Crippen MR) is 71.2 cm³/mol. The third kappa shape index (κ3) is 2.93. The molecule has 3 nitrogen and oxygen atoms in total. The summed E-state index contributed by atoms with van der Waals surface area (Å²) in [6.45, 7) is 1.99. The number of carbonyl (C=O) groups is 2. The molecule has 1 unspecified atom stereocenters. The zero-order chi connectivity index (χ0) is 13.1. The molecule has 1 heterocycles. The zero-order valence-corrected chi connectivity index (χ0v) is 11.1. The standard InChI is InChI=1S/C14H16O3S/c1-2-9(7-14(16)17)10-3-4-13-11(5-10)6-12(15)8-18-13/h3-5,9H,2,6-8H2,1H3,(H,16,17). The fraction of sp³-hybridized carbons (Fsp3) is 0.429. The second-order valence-electron chi connectivity index (χ2n) is 4.57. The van der Waals surface area contributed by atoms with E-state index in [0.717, 1.165) is 22.4 Å². The summed E-state index contributed by atoms with van der Waals surface area (Å²) in [5.41, 5.74) is 2.09. The molecule has 96 valence electrons. The van der Waals surface area contributed by atoms with Gasteiger partial charge in [0, 0.05) is 11.3 Å². The number of rotatable bonds is 4. The molecule has 1 atom stereocenters. The number of carboxylic acid groups (broad SMARTS) is 1. The van der Waals surface area contributed by atoms with Gasteiger partial charge in [0.1, 0.15) is 5.78 Å². The second-order valence-corrected chi connectivity index (χ2v) is 5.59. The fourth-order valence-corrected chi connectivity index (χ4v) is 3.16. The van der Waals surface area contributed by atoms with E-state index in [1.165, 1.54) is 0 Å². The highest BCUT2D eigenvalue weighted by Gasteiger charge is 2.19. The van der Waals surface area contributed by atoms with Crippen LogP contribution >= 0.6 is 11.8 Å². The van der Waals surface area contributed by atoms with Gasteiger partial charge in [0.15, 0.2) is 0 Å². The molecule has 1 aliphatic rings. The van der Waals surface area contributed by atoms with Gasteiger partial charge < -0.3 is 5.11 Å². The SMILES string of the molecule is CCC(CC(=O)O)c1ccc2c(c1)CC(=O)CS2. The fourth-order valence-electron chi connectivity index (χ4n) is 2.26. The molecule has 0 radical (unpaired) electrons. The maximum Gasteiger partial charge on any atom is 0.303 e. The van der Waals surface area contributed by atoms with Crippen molar-refractivity contribution in [2.24, 2.45) is 0 Å². The van der Waals surface area contributed by atoms with E-state index >= 15 is 0 Å². The van der Waals surface area contributed by atoms with E-state index in [1.54, 1.807) is 11.8 Å². The van der Waals surface area contributed by atoms with Crippen molar-refractivity contribution in [1.29, 1.82) is 0 Å². The van der Waals surface area contributed by atoms with E-state index in [2.05, 4.69) is 0 Å². The van der Waals surface area contributed by atoms with Gasteiger partial charge in [-0.05, 0) is 29.5 Å². The largest absolute Gasteiger partial charge is 0.481 e. The highest BCUT2D eigenvalue weighted by molar-refractivity contribution is 8.00. The first kappa shape index (κ1) is 13.1. The van der Waals surface area contributed by atoms with Crippen molar-refractivity contribution in [3.05, 3.63) is 29.3 Å². The molecule has 0 saturated heterocycles.